The number of methoxy groups -OCH3 is 1. The van der Waals surface area contributed by atoms with Crippen molar-refractivity contribution in [3.8, 4) is 0 Å². The molecule has 1 aromatic heterocycles. The summed E-state index contributed by atoms with van der Waals surface area (Å²) in [5.41, 5.74) is 0. The molecule has 1 N–H and O–H groups in total. The van der Waals surface area contributed by atoms with E-state index < -0.39 is 0 Å². The SMILES string of the molecule is COC1CCCC1NCc1nnc(C)n1C. The summed E-state index contributed by atoms with van der Waals surface area (Å²) in [7, 11) is 3.78. The van der Waals surface area contributed by atoms with Gasteiger partial charge in [-0.05, 0) is 26.2 Å². The van der Waals surface area contributed by atoms with E-state index in [1.807, 2.05) is 18.5 Å². The number of aromatic nitrogens is 3. The van der Waals surface area contributed by atoms with E-state index in [-0.39, 0.29) is 0 Å². The molecule has 0 bridgehead atoms. The Morgan fingerprint density at radius 3 is 2.88 bits per heavy atom. The van der Waals surface area contributed by atoms with Gasteiger partial charge in [0.15, 0.2) is 0 Å². The molecule has 1 heterocycles. The van der Waals surface area contributed by atoms with Crippen molar-refractivity contribution in [2.45, 2.75) is 44.9 Å². The average Bonchev–Trinajstić information content (AvgIpc) is 2.86. The van der Waals surface area contributed by atoms with E-state index in [4.69, 9.17) is 4.74 Å². The number of hydrogen-bond donors (Lipinski definition) is 1. The van der Waals surface area contributed by atoms with Gasteiger partial charge in [-0.3, -0.25) is 0 Å². The number of ether oxygens (including phenoxy) is 1. The molecule has 16 heavy (non-hydrogen) atoms. The number of rotatable bonds is 4. The summed E-state index contributed by atoms with van der Waals surface area (Å²) in [6.07, 6.45) is 3.95. The topological polar surface area (TPSA) is 52.0 Å². The molecule has 2 unspecified atom stereocenters. The molecule has 5 nitrogen and oxygen atoms in total. The van der Waals surface area contributed by atoms with Crippen LogP contribution in [0.3, 0.4) is 0 Å². The zero-order valence-electron chi connectivity index (χ0n) is 10.2. The molecule has 0 aromatic carbocycles. The number of hydrogen-bond acceptors (Lipinski definition) is 4. The van der Waals surface area contributed by atoms with Crippen LogP contribution in [0.15, 0.2) is 0 Å². The first-order valence-corrected chi connectivity index (χ1v) is 5.83. The molecule has 0 radical (unpaired) electrons. The Hall–Kier alpha value is -0.940. The minimum atomic E-state index is 0.356. The molecule has 1 aliphatic rings. The zero-order chi connectivity index (χ0) is 11.5. The lowest BCUT2D eigenvalue weighted by atomic mass is 10.2. The maximum absolute atomic E-state index is 5.44. The zero-order valence-corrected chi connectivity index (χ0v) is 10.2. The molecule has 90 valence electrons. The fourth-order valence-corrected chi connectivity index (χ4v) is 2.27. The first kappa shape index (κ1) is 11.5. The van der Waals surface area contributed by atoms with Gasteiger partial charge in [0.1, 0.15) is 11.6 Å². The van der Waals surface area contributed by atoms with Gasteiger partial charge in [-0.1, -0.05) is 0 Å². The normalized spacial score (nSPS) is 25.2. The van der Waals surface area contributed by atoms with Gasteiger partial charge < -0.3 is 14.6 Å². The molecule has 0 aliphatic heterocycles. The van der Waals surface area contributed by atoms with Gasteiger partial charge in [-0.15, -0.1) is 10.2 Å². The highest BCUT2D eigenvalue weighted by molar-refractivity contribution is 4.94. The van der Waals surface area contributed by atoms with Crippen molar-refractivity contribution in [3.63, 3.8) is 0 Å². The molecule has 1 aromatic rings. The second-order valence-corrected chi connectivity index (χ2v) is 4.41. The van der Waals surface area contributed by atoms with Crippen LogP contribution in [0.2, 0.25) is 0 Å². The number of nitrogens with zero attached hydrogens (tertiary/aromatic N) is 3. The molecule has 0 spiro atoms. The number of nitrogens with one attached hydrogen (secondary N) is 1. The van der Waals surface area contributed by atoms with Gasteiger partial charge in [0, 0.05) is 20.2 Å². The van der Waals surface area contributed by atoms with Crippen LogP contribution in [0.25, 0.3) is 0 Å². The monoisotopic (exact) mass is 224 g/mol. The van der Waals surface area contributed by atoms with Crippen molar-refractivity contribution in [3.05, 3.63) is 11.6 Å². The molecule has 0 amide bonds. The first-order valence-electron chi connectivity index (χ1n) is 5.83. The van der Waals surface area contributed by atoms with Crippen molar-refractivity contribution >= 4 is 0 Å². The second kappa shape index (κ2) is 4.93. The minimum Gasteiger partial charge on any atom is -0.380 e. The van der Waals surface area contributed by atoms with Crippen LogP contribution in [-0.2, 0) is 18.3 Å². The van der Waals surface area contributed by atoms with Crippen LogP contribution < -0.4 is 5.32 Å². The van der Waals surface area contributed by atoms with E-state index in [9.17, 15) is 0 Å². The van der Waals surface area contributed by atoms with E-state index in [0.717, 1.165) is 24.6 Å². The van der Waals surface area contributed by atoms with Crippen molar-refractivity contribution in [2.75, 3.05) is 7.11 Å². The Bertz CT molecular complexity index is 350. The summed E-state index contributed by atoms with van der Waals surface area (Å²) >= 11 is 0. The maximum atomic E-state index is 5.44. The van der Waals surface area contributed by atoms with Crippen molar-refractivity contribution in [1.29, 1.82) is 0 Å². The second-order valence-electron chi connectivity index (χ2n) is 4.41. The standard InChI is InChI=1S/C11H20N4O/c1-8-13-14-11(15(8)2)7-12-9-5-4-6-10(9)16-3/h9-10,12H,4-7H2,1-3H3. The van der Waals surface area contributed by atoms with Crippen molar-refractivity contribution in [1.82, 2.24) is 20.1 Å². The lowest BCUT2D eigenvalue weighted by molar-refractivity contribution is 0.0844. The molecule has 2 atom stereocenters. The molecule has 5 heteroatoms. The predicted molar refractivity (Wildman–Crippen MR) is 61.0 cm³/mol. The quantitative estimate of drug-likeness (QED) is 0.821. The van der Waals surface area contributed by atoms with Crippen LogP contribution in [0.4, 0.5) is 0 Å². The van der Waals surface area contributed by atoms with E-state index >= 15 is 0 Å². The van der Waals surface area contributed by atoms with Crippen LogP contribution in [0, 0.1) is 6.92 Å². The molecule has 0 saturated heterocycles. The smallest absolute Gasteiger partial charge is 0.146 e. The summed E-state index contributed by atoms with van der Waals surface area (Å²) in [6, 6.07) is 0.460. The summed E-state index contributed by atoms with van der Waals surface area (Å²) < 4.78 is 7.46. The Labute approximate surface area is 96.2 Å². The van der Waals surface area contributed by atoms with E-state index in [1.54, 1.807) is 7.11 Å². The Morgan fingerprint density at radius 1 is 1.44 bits per heavy atom. The summed E-state index contributed by atoms with van der Waals surface area (Å²) in [6.45, 7) is 2.73. The van der Waals surface area contributed by atoms with Gasteiger partial charge in [0.2, 0.25) is 0 Å². The molecular formula is C11H20N4O. The fraction of sp³-hybridized carbons (Fsp3) is 0.818. The van der Waals surface area contributed by atoms with Crippen molar-refractivity contribution < 1.29 is 4.74 Å². The minimum absolute atomic E-state index is 0.356. The largest absolute Gasteiger partial charge is 0.380 e. The Balaban J connectivity index is 1.89. The molecule has 1 saturated carbocycles. The van der Waals surface area contributed by atoms with E-state index in [2.05, 4.69) is 15.5 Å². The average molecular weight is 224 g/mol. The Morgan fingerprint density at radius 2 is 2.25 bits per heavy atom. The van der Waals surface area contributed by atoms with Crippen LogP contribution in [-0.4, -0.2) is 34.0 Å². The first-order chi connectivity index (χ1) is 7.72. The van der Waals surface area contributed by atoms with Gasteiger partial charge >= 0.3 is 0 Å². The summed E-state index contributed by atoms with van der Waals surface area (Å²) in [5.74, 6) is 1.94. The van der Waals surface area contributed by atoms with Gasteiger partial charge in [-0.25, -0.2) is 0 Å². The third-order valence-corrected chi connectivity index (χ3v) is 3.46. The van der Waals surface area contributed by atoms with E-state index in [1.165, 1.54) is 12.8 Å². The van der Waals surface area contributed by atoms with Gasteiger partial charge in [-0.2, -0.15) is 0 Å². The lowest BCUT2D eigenvalue weighted by Crippen LogP contribution is -2.36. The number of aryl methyl sites for hydroxylation is 1. The third kappa shape index (κ3) is 2.25. The highest BCUT2D eigenvalue weighted by atomic mass is 16.5. The van der Waals surface area contributed by atoms with Crippen LogP contribution >= 0.6 is 0 Å². The molecule has 1 aliphatic carbocycles. The maximum Gasteiger partial charge on any atom is 0.146 e. The lowest BCUT2D eigenvalue weighted by Gasteiger charge is -2.19. The fourth-order valence-electron chi connectivity index (χ4n) is 2.27. The molecule has 1 fully saturated rings. The third-order valence-electron chi connectivity index (χ3n) is 3.46. The summed E-state index contributed by atoms with van der Waals surface area (Å²) in [5, 5.41) is 11.7. The van der Waals surface area contributed by atoms with Crippen LogP contribution in [0.5, 0.6) is 0 Å². The highest BCUT2D eigenvalue weighted by Crippen LogP contribution is 2.21. The van der Waals surface area contributed by atoms with Gasteiger partial charge in [0.05, 0.1) is 12.6 Å². The molecule has 2 rings (SSSR count). The van der Waals surface area contributed by atoms with E-state index in [0.29, 0.717) is 12.1 Å². The van der Waals surface area contributed by atoms with Gasteiger partial charge in [0.25, 0.3) is 0 Å². The highest BCUT2D eigenvalue weighted by Gasteiger charge is 2.26. The molecular weight excluding hydrogens is 204 g/mol. The summed E-state index contributed by atoms with van der Waals surface area (Å²) in [4.78, 5) is 0. The van der Waals surface area contributed by atoms with Crippen molar-refractivity contribution in [2.24, 2.45) is 7.05 Å². The predicted octanol–water partition coefficient (Wildman–Crippen LogP) is 0.781. The Kier molecular flexibility index (Phi) is 3.56. The van der Waals surface area contributed by atoms with Crippen LogP contribution in [0.1, 0.15) is 30.9 Å².